The van der Waals surface area contributed by atoms with Gasteiger partial charge in [-0.05, 0) is 87.9 Å². The van der Waals surface area contributed by atoms with Crippen molar-refractivity contribution < 1.29 is 111 Å². The zero-order chi connectivity index (χ0) is 52.7. The highest BCUT2D eigenvalue weighted by Crippen LogP contribution is 2.79. The second-order valence-electron chi connectivity index (χ2n) is 24.0. The molecule has 9 rings (SSSR count). The summed E-state index contributed by atoms with van der Waals surface area (Å²) in [5, 5.41) is 121. The van der Waals surface area contributed by atoms with Gasteiger partial charge in [0, 0.05) is 22.2 Å². The molecule has 1 spiro atoms. The molecule has 9 aliphatic rings. The predicted molar refractivity (Wildman–Crippen MR) is 242 cm³/mol. The number of rotatable bonds is 12. The Morgan fingerprint density at radius 2 is 1.33 bits per heavy atom. The lowest BCUT2D eigenvalue weighted by molar-refractivity contribution is -0.397. The number of aliphatic hydroxyl groups is 10. The number of carboxylic acid groups (broad SMARTS) is 1. The van der Waals surface area contributed by atoms with E-state index in [2.05, 4.69) is 37.1 Å². The molecule has 0 unspecified atom stereocenters. The van der Waals surface area contributed by atoms with Gasteiger partial charge < -0.3 is 89.3 Å². The summed E-state index contributed by atoms with van der Waals surface area (Å²) in [7, 11) is -5.25. The number of carbonyl (C=O) groups is 1. The normalized spacial score (nSPS) is 56.3. The summed E-state index contributed by atoms with van der Waals surface area (Å²) < 4.78 is 81.1. The lowest BCUT2D eigenvalue weighted by Crippen LogP contribution is -2.73. The summed E-state index contributed by atoms with van der Waals surface area (Å²) in [6.45, 7) is 9.99. The van der Waals surface area contributed by atoms with Crippen molar-refractivity contribution in [1.82, 2.24) is 0 Å². The Hall–Kier alpha value is -1.60. The van der Waals surface area contributed by atoms with E-state index in [1.54, 1.807) is 6.92 Å². The first-order valence-electron chi connectivity index (χ1n) is 25.3. The molecule has 0 aromatic rings. The minimum absolute atomic E-state index is 0.104. The highest BCUT2D eigenvalue weighted by atomic mass is 32.3. The van der Waals surface area contributed by atoms with Crippen molar-refractivity contribution in [3.05, 3.63) is 12.2 Å². The largest absolute Gasteiger partial charge is 0.481 e. The maximum atomic E-state index is 12.7. The molecule has 24 heteroatoms. The van der Waals surface area contributed by atoms with Gasteiger partial charge in [0.15, 0.2) is 18.9 Å². The van der Waals surface area contributed by atoms with E-state index in [0.717, 1.165) is 0 Å². The van der Waals surface area contributed by atoms with E-state index >= 15 is 0 Å². The van der Waals surface area contributed by atoms with Crippen molar-refractivity contribution in [2.45, 2.75) is 203 Å². The van der Waals surface area contributed by atoms with Gasteiger partial charge in [-0.1, -0.05) is 39.8 Å². The van der Waals surface area contributed by atoms with Crippen LogP contribution in [-0.4, -0.2) is 211 Å². The van der Waals surface area contributed by atoms with Gasteiger partial charge in [0.25, 0.3) is 0 Å². The van der Waals surface area contributed by atoms with Gasteiger partial charge in [-0.25, -0.2) is 4.18 Å². The predicted octanol–water partition coefficient (Wildman–Crippen LogP) is -1.51. The number of ether oxygens (including phenoxy) is 7. The minimum atomic E-state index is -5.25. The van der Waals surface area contributed by atoms with Crippen LogP contribution < -0.4 is 0 Å². The van der Waals surface area contributed by atoms with Gasteiger partial charge in [0.05, 0.1) is 55.8 Å². The van der Waals surface area contributed by atoms with E-state index in [0.29, 0.717) is 58.0 Å². The number of allylic oxidation sites excluding steroid dienone is 1. The Labute approximate surface area is 418 Å². The van der Waals surface area contributed by atoms with Crippen LogP contribution in [0.25, 0.3) is 0 Å². The lowest BCUT2D eigenvalue weighted by Gasteiger charge is -2.73. The van der Waals surface area contributed by atoms with Gasteiger partial charge in [0.2, 0.25) is 0 Å². The van der Waals surface area contributed by atoms with Crippen LogP contribution in [0.1, 0.15) is 92.9 Å². The molecule has 5 aliphatic carbocycles. The zero-order valence-corrected chi connectivity index (χ0v) is 42.3. The molecule has 4 aliphatic heterocycles. The van der Waals surface area contributed by atoms with Crippen LogP contribution in [0.5, 0.6) is 0 Å². The maximum Gasteiger partial charge on any atom is 0.397 e. The van der Waals surface area contributed by atoms with Crippen LogP contribution in [0.3, 0.4) is 0 Å². The summed E-state index contributed by atoms with van der Waals surface area (Å²) >= 11 is 0. The first kappa shape index (κ1) is 55.2. The third kappa shape index (κ3) is 8.06. The molecule has 72 heavy (non-hydrogen) atoms. The van der Waals surface area contributed by atoms with Crippen LogP contribution >= 0.6 is 0 Å². The smallest absolute Gasteiger partial charge is 0.397 e. The average Bonchev–Trinajstić information content (AvgIpc) is 3.60. The van der Waals surface area contributed by atoms with Crippen LogP contribution in [0.4, 0.5) is 0 Å². The Bertz CT molecular complexity index is 2170. The third-order valence-corrected chi connectivity index (χ3v) is 21.0. The summed E-state index contributed by atoms with van der Waals surface area (Å²) in [5.74, 6) is -1.41. The molecule has 8 fully saturated rings. The summed E-state index contributed by atoms with van der Waals surface area (Å²) in [6.07, 6.45) is -20.2. The SMILES string of the molecule is C[C@H]1O[C@@H](O[C@H]2CC[C@@]3(C)[C@H](CC[C@]4(C)[C@@H]3C=C[C@]35OC[C@@]6(CC[C@](C)(C(=O)O)C[C@@H]63)[C@@H](O)C[C@]54C)[C@]2(C)CO)[C@H](O[C@@H]2O[C@H](CO)[C@@H](O)[C@H](O)[C@H]2O)[C@@H](O[C@@H]2O[C@H](CO)[C@@H](OS(=O)(=O)O)[C@H](O)[C@H]2O)[C@H]1O. The Kier molecular flexibility index (Phi) is 14.4. The standard InChI is InChI=1S/C48H76O23S/c1-21-29(53)36(69-39-34(58)32(56)35(23(18-50)67-39)71-72(61,62)63)37(70-38-33(57)31(55)30(54)22(17-49)66-38)40(65-21)68-28-9-10-43(3)24(44(28,4)19-51)7-11-45(5)25(43)8-12-48-26-15-42(2,41(59)60)13-14-47(26,20-64-48)27(52)16-46(45,48)6/h8,12,21-40,49-58H,7,9-11,13-20H2,1-6H3,(H,59,60)(H,61,62,63)/t21-,22-,23-,24+,25-,26+,27+,28+,29+,30-,31+,32-,33-,34-,35-,36+,37-,38+,39+,40+,42+,43+,44+,45-,46+,47-,48+/m1/s1. The number of hydrogen-bond acceptors (Lipinski definition) is 21. The zero-order valence-electron chi connectivity index (χ0n) is 41.5. The van der Waals surface area contributed by atoms with Crippen LogP contribution in [0, 0.1) is 50.2 Å². The fourth-order valence-electron chi connectivity index (χ4n) is 16.0. The third-order valence-electron chi connectivity index (χ3n) is 20.5. The summed E-state index contributed by atoms with van der Waals surface area (Å²) in [6, 6.07) is 0. The molecule has 4 saturated carbocycles. The van der Waals surface area contributed by atoms with E-state index in [1.165, 1.54) is 6.92 Å². The van der Waals surface area contributed by atoms with Gasteiger partial charge >= 0.3 is 16.4 Å². The topological polar surface area (TPSA) is 368 Å². The van der Waals surface area contributed by atoms with Crippen molar-refractivity contribution in [2.24, 2.45) is 50.2 Å². The molecule has 0 radical (unpaired) electrons. The van der Waals surface area contributed by atoms with E-state index in [9.17, 15) is 73.9 Å². The number of aliphatic hydroxyl groups excluding tert-OH is 10. The molecule has 412 valence electrons. The highest BCUT2D eigenvalue weighted by molar-refractivity contribution is 7.80. The number of hydrogen-bond donors (Lipinski definition) is 12. The lowest BCUT2D eigenvalue weighted by atomic mass is 9.32. The fourth-order valence-corrected chi connectivity index (χ4v) is 16.6. The first-order valence-corrected chi connectivity index (χ1v) is 26.7. The molecule has 4 saturated heterocycles. The van der Waals surface area contributed by atoms with Gasteiger partial charge in [0.1, 0.15) is 67.1 Å². The number of aliphatic carboxylic acids is 1. The minimum Gasteiger partial charge on any atom is -0.481 e. The Balaban J connectivity index is 1.03. The summed E-state index contributed by atoms with van der Waals surface area (Å²) in [4.78, 5) is 12.7. The molecule has 2 bridgehead atoms. The molecule has 0 aromatic carbocycles. The quantitative estimate of drug-likeness (QED) is 0.0601. The van der Waals surface area contributed by atoms with Crippen LogP contribution in [0.2, 0.25) is 0 Å². The Morgan fingerprint density at radius 1 is 0.694 bits per heavy atom. The first-order chi connectivity index (χ1) is 33.5. The van der Waals surface area contributed by atoms with Gasteiger partial charge in [-0.3, -0.25) is 9.35 Å². The van der Waals surface area contributed by atoms with Crippen molar-refractivity contribution in [1.29, 1.82) is 0 Å². The van der Waals surface area contributed by atoms with Crippen molar-refractivity contribution in [3.63, 3.8) is 0 Å². The van der Waals surface area contributed by atoms with Gasteiger partial charge in [-0.2, -0.15) is 8.42 Å². The molecule has 12 N–H and O–H groups in total. The second-order valence-corrected chi connectivity index (χ2v) is 25.0. The van der Waals surface area contributed by atoms with E-state index < -0.39 is 172 Å². The van der Waals surface area contributed by atoms with Crippen molar-refractivity contribution in [3.8, 4) is 0 Å². The molecular formula is C48H76O23S. The van der Waals surface area contributed by atoms with Crippen molar-refractivity contribution in [2.75, 3.05) is 26.4 Å². The van der Waals surface area contributed by atoms with Crippen LogP contribution in [-0.2, 0) is 52.5 Å². The molecule has 0 amide bonds. The van der Waals surface area contributed by atoms with Crippen LogP contribution in [0.15, 0.2) is 12.2 Å². The average molecular weight is 1050 g/mol. The molecular weight excluding hydrogens is 977 g/mol. The maximum absolute atomic E-state index is 12.7. The monoisotopic (exact) mass is 1050 g/mol. The van der Waals surface area contributed by atoms with E-state index in [-0.39, 0.29) is 24.4 Å². The fraction of sp³-hybridized carbons (Fsp3) is 0.938. The van der Waals surface area contributed by atoms with E-state index in [4.69, 9.17) is 33.2 Å². The second kappa shape index (κ2) is 18.8. The van der Waals surface area contributed by atoms with E-state index in [1.807, 2.05) is 6.92 Å². The number of fused-ring (bicyclic) bond motifs is 4. The number of carboxylic acids is 1. The van der Waals surface area contributed by atoms with Gasteiger partial charge in [-0.15, -0.1) is 0 Å². The highest BCUT2D eigenvalue weighted by Gasteiger charge is 2.79. The van der Waals surface area contributed by atoms with Crippen molar-refractivity contribution >= 4 is 16.4 Å². The summed E-state index contributed by atoms with van der Waals surface area (Å²) in [5.41, 5.74) is -4.96. The molecule has 23 nitrogen and oxygen atoms in total. The molecule has 27 atom stereocenters. The Morgan fingerprint density at radius 3 is 1.96 bits per heavy atom. The molecule has 0 aromatic heterocycles. The molecule has 4 heterocycles.